The van der Waals surface area contributed by atoms with Gasteiger partial charge in [0.1, 0.15) is 4.90 Å². The lowest BCUT2D eigenvalue weighted by atomic mass is 10.0. The quantitative estimate of drug-likeness (QED) is 0.396. The Hall–Kier alpha value is -3.71. The summed E-state index contributed by atoms with van der Waals surface area (Å²) >= 11 is 0. The van der Waals surface area contributed by atoms with Gasteiger partial charge in [-0.15, -0.1) is 0 Å². The summed E-state index contributed by atoms with van der Waals surface area (Å²) in [6.45, 7) is 3.80. The van der Waals surface area contributed by atoms with Crippen LogP contribution in [0.25, 0.3) is 10.9 Å². The Morgan fingerprint density at radius 2 is 1.64 bits per heavy atom. The fourth-order valence-electron chi connectivity index (χ4n) is 3.75. The van der Waals surface area contributed by atoms with Crippen LogP contribution in [-0.4, -0.2) is 19.3 Å². The van der Waals surface area contributed by atoms with Crippen molar-refractivity contribution in [3.8, 4) is 0 Å². The average Bonchev–Trinajstić information content (AvgIpc) is 2.82. The van der Waals surface area contributed by atoms with E-state index in [-0.39, 0.29) is 28.1 Å². The molecule has 1 atom stereocenters. The van der Waals surface area contributed by atoms with Gasteiger partial charge in [0.05, 0.1) is 22.8 Å². The molecule has 0 spiro atoms. The van der Waals surface area contributed by atoms with Crippen molar-refractivity contribution in [1.29, 1.82) is 0 Å². The lowest BCUT2D eigenvalue weighted by Gasteiger charge is -2.19. The number of hydrogen-bond donors (Lipinski definition) is 2. The lowest BCUT2D eigenvalue weighted by molar-refractivity contribution is 0.0936. The van der Waals surface area contributed by atoms with Gasteiger partial charge in [-0.2, -0.15) is 0 Å². The Bertz CT molecular complexity index is 1400. The third-order valence-corrected chi connectivity index (χ3v) is 6.84. The summed E-state index contributed by atoms with van der Waals surface area (Å²) < 4.78 is 29.2. The molecule has 1 aromatic heterocycles. The molecule has 0 unspecified atom stereocenters. The number of pyridine rings is 1. The van der Waals surface area contributed by atoms with Crippen LogP contribution in [0.15, 0.2) is 89.8 Å². The fourth-order valence-corrected chi connectivity index (χ4v) is 5.00. The molecule has 2 N–H and O–H groups in total. The largest absolute Gasteiger partial charge is 0.345 e. The molecule has 0 aliphatic rings. The van der Waals surface area contributed by atoms with Crippen LogP contribution >= 0.6 is 0 Å². The molecule has 33 heavy (non-hydrogen) atoms. The number of nitrogens with zero attached hydrogens (tertiary/aromatic N) is 1. The van der Waals surface area contributed by atoms with E-state index in [0.29, 0.717) is 11.9 Å². The van der Waals surface area contributed by atoms with Crippen LogP contribution in [0.3, 0.4) is 0 Å². The first-order chi connectivity index (χ1) is 15.9. The number of carbonyl (C=O) groups is 1. The Morgan fingerprint density at radius 1 is 0.909 bits per heavy atom. The molecule has 0 saturated carbocycles. The first-order valence-electron chi connectivity index (χ1n) is 10.7. The molecular formula is C26H25N3O3S. The van der Waals surface area contributed by atoms with E-state index in [0.717, 1.165) is 16.6 Å². The number of rotatable bonds is 7. The first-order valence-corrected chi connectivity index (χ1v) is 12.2. The summed E-state index contributed by atoms with van der Waals surface area (Å²) in [5.74, 6) is -0.351. The topological polar surface area (TPSA) is 88.2 Å². The molecule has 1 amide bonds. The average molecular weight is 460 g/mol. The van der Waals surface area contributed by atoms with Gasteiger partial charge in [0.2, 0.25) is 0 Å². The number of benzene rings is 3. The van der Waals surface area contributed by atoms with Crippen molar-refractivity contribution in [2.75, 3.05) is 4.72 Å². The summed E-state index contributed by atoms with van der Waals surface area (Å²) in [6, 6.07) is 24.8. The molecule has 4 aromatic rings. The fraction of sp³-hybridized carbons (Fsp3) is 0.154. The van der Waals surface area contributed by atoms with Crippen molar-refractivity contribution in [1.82, 2.24) is 10.3 Å². The second-order valence-electron chi connectivity index (χ2n) is 7.78. The van der Waals surface area contributed by atoms with E-state index in [1.807, 2.05) is 62.4 Å². The number of aryl methyl sites for hydroxylation is 1. The molecule has 1 heterocycles. The third kappa shape index (κ3) is 4.88. The Balaban J connectivity index is 1.65. The van der Waals surface area contributed by atoms with Gasteiger partial charge < -0.3 is 5.32 Å². The van der Waals surface area contributed by atoms with Gasteiger partial charge in [0, 0.05) is 11.1 Å². The molecule has 168 valence electrons. The zero-order valence-corrected chi connectivity index (χ0v) is 19.3. The minimum atomic E-state index is -3.99. The summed E-state index contributed by atoms with van der Waals surface area (Å²) in [5.41, 5.74) is 2.56. The maximum absolute atomic E-state index is 13.3. The monoisotopic (exact) mass is 459 g/mol. The molecule has 7 heteroatoms. The highest BCUT2D eigenvalue weighted by atomic mass is 32.2. The molecule has 0 saturated heterocycles. The number of anilines is 1. The third-order valence-electron chi connectivity index (χ3n) is 5.44. The van der Waals surface area contributed by atoms with Gasteiger partial charge in [-0.3, -0.25) is 14.5 Å². The minimum absolute atomic E-state index is 0.0645. The van der Waals surface area contributed by atoms with E-state index in [1.54, 1.807) is 30.3 Å². The second-order valence-corrected chi connectivity index (χ2v) is 9.43. The summed E-state index contributed by atoms with van der Waals surface area (Å²) in [4.78, 5) is 17.6. The number of para-hydroxylation sites is 2. The van der Waals surface area contributed by atoms with Gasteiger partial charge in [-0.05, 0) is 43.2 Å². The molecule has 0 radical (unpaired) electrons. The van der Waals surface area contributed by atoms with E-state index in [1.165, 1.54) is 6.07 Å². The summed E-state index contributed by atoms with van der Waals surface area (Å²) in [7, 11) is -3.99. The summed E-state index contributed by atoms with van der Waals surface area (Å²) in [6.07, 6.45) is 0.699. The highest BCUT2D eigenvalue weighted by Crippen LogP contribution is 2.26. The van der Waals surface area contributed by atoms with Crippen LogP contribution in [0, 0.1) is 6.92 Å². The van der Waals surface area contributed by atoms with Gasteiger partial charge in [0.15, 0.2) is 0 Å². The molecule has 0 fully saturated rings. The number of fused-ring (bicyclic) bond motifs is 1. The van der Waals surface area contributed by atoms with E-state index in [2.05, 4.69) is 15.0 Å². The van der Waals surface area contributed by atoms with Crippen molar-refractivity contribution >= 4 is 32.5 Å². The Morgan fingerprint density at radius 3 is 2.39 bits per heavy atom. The van der Waals surface area contributed by atoms with Crippen molar-refractivity contribution in [2.45, 2.75) is 31.2 Å². The number of amides is 1. The smallest absolute Gasteiger partial charge is 0.264 e. The van der Waals surface area contributed by atoms with Crippen molar-refractivity contribution in [2.24, 2.45) is 0 Å². The highest BCUT2D eigenvalue weighted by Gasteiger charge is 2.22. The van der Waals surface area contributed by atoms with E-state index >= 15 is 0 Å². The Kier molecular flexibility index (Phi) is 6.42. The van der Waals surface area contributed by atoms with E-state index < -0.39 is 10.0 Å². The molecule has 0 aliphatic heterocycles. The second kappa shape index (κ2) is 9.42. The van der Waals surface area contributed by atoms with E-state index in [9.17, 15) is 13.2 Å². The number of hydrogen-bond acceptors (Lipinski definition) is 4. The number of aromatic nitrogens is 1. The standard InChI is InChI=1S/C26H25N3O3S/c1-3-22(19-10-5-4-6-11-19)28-26(30)21-13-7-8-14-23(21)29-33(31,32)24-15-9-12-20-17-16-18(2)27-25(20)24/h4-17,22,29H,3H2,1-2H3,(H,28,30)/t22-/m0/s1. The molecule has 6 nitrogen and oxygen atoms in total. The molecular weight excluding hydrogens is 434 g/mol. The number of carbonyl (C=O) groups excluding carboxylic acids is 1. The van der Waals surface area contributed by atoms with Gasteiger partial charge >= 0.3 is 0 Å². The molecule has 0 aliphatic carbocycles. The number of nitrogens with one attached hydrogen (secondary N) is 2. The zero-order valence-electron chi connectivity index (χ0n) is 18.4. The van der Waals surface area contributed by atoms with Crippen molar-refractivity contribution in [3.05, 3.63) is 102 Å². The van der Waals surface area contributed by atoms with Crippen LogP contribution in [0.2, 0.25) is 0 Å². The maximum Gasteiger partial charge on any atom is 0.264 e. The first kappa shape index (κ1) is 22.5. The van der Waals surface area contributed by atoms with Gasteiger partial charge in [-0.25, -0.2) is 8.42 Å². The minimum Gasteiger partial charge on any atom is -0.345 e. The van der Waals surface area contributed by atoms with Crippen LogP contribution < -0.4 is 10.0 Å². The SMILES string of the molecule is CC[C@H](NC(=O)c1ccccc1NS(=O)(=O)c1cccc2ccc(C)nc12)c1ccccc1. The summed E-state index contributed by atoms with van der Waals surface area (Å²) in [5, 5.41) is 3.74. The maximum atomic E-state index is 13.3. The molecule has 0 bridgehead atoms. The normalized spacial score (nSPS) is 12.3. The van der Waals surface area contributed by atoms with Crippen LogP contribution in [0.1, 0.15) is 41.0 Å². The van der Waals surface area contributed by atoms with Crippen LogP contribution in [-0.2, 0) is 10.0 Å². The van der Waals surface area contributed by atoms with Crippen LogP contribution in [0.5, 0.6) is 0 Å². The number of sulfonamides is 1. The van der Waals surface area contributed by atoms with Gasteiger partial charge in [0.25, 0.3) is 15.9 Å². The van der Waals surface area contributed by atoms with Crippen molar-refractivity contribution < 1.29 is 13.2 Å². The zero-order chi connectivity index (χ0) is 23.4. The highest BCUT2D eigenvalue weighted by molar-refractivity contribution is 7.93. The predicted molar refractivity (Wildman–Crippen MR) is 131 cm³/mol. The Labute approximate surface area is 193 Å². The van der Waals surface area contributed by atoms with Crippen LogP contribution in [0.4, 0.5) is 5.69 Å². The molecule has 4 rings (SSSR count). The van der Waals surface area contributed by atoms with Gasteiger partial charge in [-0.1, -0.05) is 67.6 Å². The van der Waals surface area contributed by atoms with Crippen molar-refractivity contribution in [3.63, 3.8) is 0 Å². The van der Waals surface area contributed by atoms with E-state index in [4.69, 9.17) is 0 Å². The predicted octanol–water partition coefficient (Wildman–Crippen LogP) is 5.23. The lowest BCUT2D eigenvalue weighted by Crippen LogP contribution is -2.29. The molecule has 3 aromatic carbocycles.